The lowest BCUT2D eigenvalue weighted by Gasteiger charge is -2.12. The maximum Gasteiger partial charge on any atom is 0.160 e. The molecule has 0 unspecified atom stereocenters. The van der Waals surface area contributed by atoms with Crippen LogP contribution < -0.4 is 0 Å². The zero-order valence-electron chi connectivity index (χ0n) is 27.0. The monoisotopic (exact) mass is 639 g/mol. The summed E-state index contributed by atoms with van der Waals surface area (Å²) >= 11 is 0. The van der Waals surface area contributed by atoms with Crippen LogP contribution in [0.1, 0.15) is 0 Å². The van der Waals surface area contributed by atoms with Gasteiger partial charge in [-0.2, -0.15) is 0 Å². The molecule has 234 valence electrons. The third kappa shape index (κ3) is 4.69. The lowest BCUT2D eigenvalue weighted by Crippen LogP contribution is -1.98. The fourth-order valence-corrected chi connectivity index (χ4v) is 7.20. The molecule has 4 nitrogen and oxygen atoms in total. The van der Waals surface area contributed by atoms with Gasteiger partial charge < -0.3 is 8.98 Å². The third-order valence-corrected chi connectivity index (χ3v) is 9.63. The number of para-hydroxylation sites is 3. The van der Waals surface area contributed by atoms with E-state index < -0.39 is 0 Å². The quantitative estimate of drug-likeness (QED) is 0.188. The molecule has 0 saturated heterocycles. The molecule has 0 atom stereocenters. The SMILES string of the molecule is c1ccc(-c2cc(-c3cccc(-n4c5ccccc5c5ccccc54)c3)nc(-c3ccc(-c4ccc5oc6ccccc6c5c4)cc3)n2)cc1. The van der Waals surface area contributed by atoms with Crippen LogP contribution in [-0.2, 0) is 0 Å². The van der Waals surface area contributed by atoms with Gasteiger partial charge in [0, 0.05) is 43.9 Å². The molecule has 50 heavy (non-hydrogen) atoms. The Morgan fingerprint density at radius 1 is 0.360 bits per heavy atom. The molecule has 0 amide bonds. The van der Waals surface area contributed by atoms with Crippen LogP contribution in [0.4, 0.5) is 0 Å². The van der Waals surface area contributed by atoms with Crippen molar-refractivity contribution in [3.05, 3.63) is 176 Å². The van der Waals surface area contributed by atoms with Gasteiger partial charge in [0.15, 0.2) is 5.82 Å². The molecule has 4 heteroatoms. The molecule has 3 heterocycles. The van der Waals surface area contributed by atoms with E-state index in [1.807, 2.05) is 18.2 Å². The normalized spacial score (nSPS) is 11.6. The van der Waals surface area contributed by atoms with Crippen molar-refractivity contribution in [3.8, 4) is 50.7 Å². The van der Waals surface area contributed by atoms with Gasteiger partial charge in [0.1, 0.15) is 11.2 Å². The Hall–Kier alpha value is -6.78. The van der Waals surface area contributed by atoms with E-state index in [0.29, 0.717) is 5.82 Å². The van der Waals surface area contributed by atoms with Crippen LogP contribution in [0.5, 0.6) is 0 Å². The van der Waals surface area contributed by atoms with Gasteiger partial charge in [-0.05, 0) is 59.7 Å². The first-order valence-electron chi connectivity index (χ1n) is 16.8. The van der Waals surface area contributed by atoms with E-state index in [9.17, 15) is 0 Å². The summed E-state index contributed by atoms with van der Waals surface area (Å²) in [4.78, 5) is 10.3. The van der Waals surface area contributed by atoms with Crippen molar-refractivity contribution in [2.24, 2.45) is 0 Å². The van der Waals surface area contributed by atoms with Gasteiger partial charge in [-0.15, -0.1) is 0 Å². The molecule has 0 radical (unpaired) electrons. The van der Waals surface area contributed by atoms with E-state index in [1.165, 1.54) is 21.8 Å². The minimum absolute atomic E-state index is 0.687. The second kappa shape index (κ2) is 11.4. The van der Waals surface area contributed by atoms with Gasteiger partial charge in [-0.3, -0.25) is 0 Å². The molecule has 0 aliphatic rings. The lowest BCUT2D eigenvalue weighted by atomic mass is 10.0. The van der Waals surface area contributed by atoms with Crippen molar-refractivity contribution in [3.63, 3.8) is 0 Å². The lowest BCUT2D eigenvalue weighted by molar-refractivity contribution is 0.669. The smallest absolute Gasteiger partial charge is 0.160 e. The second-order valence-corrected chi connectivity index (χ2v) is 12.6. The Balaban J connectivity index is 1.08. The molecule has 0 aliphatic carbocycles. The average molecular weight is 640 g/mol. The first-order valence-corrected chi connectivity index (χ1v) is 16.8. The number of hydrogen-bond donors (Lipinski definition) is 0. The standard InChI is InChI=1S/C46H29N3O/c1-2-11-31(12-3-1)40-29-41(34-13-10-14-35(27-34)49-42-18-7-4-15-36(42)37-16-5-8-19-43(37)49)48-46(47-40)32-23-21-30(22-24-32)33-25-26-45-39(28-33)38-17-6-9-20-44(38)50-45/h1-29H. The topological polar surface area (TPSA) is 43.9 Å². The van der Waals surface area contributed by atoms with Crippen LogP contribution in [-0.4, -0.2) is 14.5 Å². The van der Waals surface area contributed by atoms with Crippen molar-refractivity contribution < 1.29 is 4.42 Å². The number of nitrogens with zero attached hydrogens (tertiary/aromatic N) is 3. The highest BCUT2D eigenvalue weighted by molar-refractivity contribution is 6.09. The summed E-state index contributed by atoms with van der Waals surface area (Å²) in [5.41, 5.74) is 12.3. The van der Waals surface area contributed by atoms with Crippen molar-refractivity contribution in [2.75, 3.05) is 0 Å². The zero-order valence-corrected chi connectivity index (χ0v) is 27.0. The molecular weight excluding hydrogens is 611 g/mol. The van der Waals surface area contributed by atoms with E-state index in [4.69, 9.17) is 14.4 Å². The highest BCUT2D eigenvalue weighted by Gasteiger charge is 2.15. The van der Waals surface area contributed by atoms with Gasteiger partial charge in [-0.1, -0.05) is 127 Å². The van der Waals surface area contributed by atoms with Gasteiger partial charge in [-0.25, -0.2) is 9.97 Å². The van der Waals surface area contributed by atoms with Crippen molar-refractivity contribution in [1.82, 2.24) is 14.5 Å². The van der Waals surface area contributed by atoms with E-state index in [-0.39, 0.29) is 0 Å². The summed E-state index contributed by atoms with van der Waals surface area (Å²) in [5.74, 6) is 0.687. The molecule has 0 spiro atoms. The van der Waals surface area contributed by atoms with Crippen LogP contribution in [0.3, 0.4) is 0 Å². The summed E-state index contributed by atoms with van der Waals surface area (Å²) in [6.45, 7) is 0. The highest BCUT2D eigenvalue weighted by Crippen LogP contribution is 2.36. The minimum Gasteiger partial charge on any atom is -0.456 e. The largest absolute Gasteiger partial charge is 0.456 e. The predicted molar refractivity (Wildman–Crippen MR) is 205 cm³/mol. The van der Waals surface area contributed by atoms with E-state index in [0.717, 1.165) is 66.8 Å². The molecule has 0 saturated carbocycles. The van der Waals surface area contributed by atoms with Crippen LogP contribution in [0, 0.1) is 0 Å². The Morgan fingerprint density at radius 3 is 1.70 bits per heavy atom. The maximum atomic E-state index is 6.06. The predicted octanol–water partition coefficient (Wildman–Crippen LogP) is 12.1. The number of aromatic nitrogens is 3. The fraction of sp³-hybridized carbons (Fsp3) is 0. The first kappa shape index (κ1) is 28.3. The third-order valence-electron chi connectivity index (χ3n) is 9.63. The number of rotatable bonds is 5. The Kier molecular flexibility index (Phi) is 6.46. The number of benzene rings is 7. The average Bonchev–Trinajstić information content (AvgIpc) is 3.74. The summed E-state index contributed by atoms with van der Waals surface area (Å²) in [5, 5.41) is 4.73. The highest BCUT2D eigenvalue weighted by atomic mass is 16.3. The number of furan rings is 1. The van der Waals surface area contributed by atoms with E-state index in [1.54, 1.807) is 0 Å². The molecule has 7 aromatic carbocycles. The fourth-order valence-electron chi connectivity index (χ4n) is 7.20. The molecule has 0 bridgehead atoms. The molecule has 10 rings (SSSR count). The van der Waals surface area contributed by atoms with Crippen LogP contribution in [0.2, 0.25) is 0 Å². The summed E-state index contributed by atoms with van der Waals surface area (Å²) in [7, 11) is 0. The Bertz CT molecular complexity index is 2810. The van der Waals surface area contributed by atoms with Gasteiger partial charge in [0.05, 0.1) is 22.4 Å². The first-order chi connectivity index (χ1) is 24.8. The van der Waals surface area contributed by atoms with Gasteiger partial charge in [0.25, 0.3) is 0 Å². The van der Waals surface area contributed by atoms with Crippen molar-refractivity contribution >= 4 is 43.7 Å². The number of hydrogen-bond acceptors (Lipinski definition) is 3. The molecule has 0 fully saturated rings. The second-order valence-electron chi connectivity index (χ2n) is 12.6. The minimum atomic E-state index is 0.687. The van der Waals surface area contributed by atoms with E-state index in [2.05, 4.69) is 162 Å². The van der Waals surface area contributed by atoms with E-state index >= 15 is 0 Å². The molecule has 0 N–H and O–H groups in total. The number of fused-ring (bicyclic) bond motifs is 6. The zero-order chi connectivity index (χ0) is 33.0. The Morgan fingerprint density at radius 2 is 0.940 bits per heavy atom. The van der Waals surface area contributed by atoms with Gasteiger partial charge in [0.2, 0.25) is 0 Å². The maximum absolute atomic E-state index is 6.06. The molecule has 0 aliphatic heterocycles. The summed E-state index contributed by atoms with van der Waals surface area (Å²) < 4.78 is 8.41. The molecular formula is C46H29N3O. The summed E-state index contributed by atoms with van der Waals surface area (Å²) in [6.07, 6.45) is 0. The molecule has 3 aromatic heterocycles. The molecule has 10 aromatic rings. The Labute approximate surface area is 288 Å². The van der Waals surface area contributed by atoms with Gasteiger partial charge >= 0.3 is 0 Å². The van der Waals surface area contributed by atoms with Crippen molar-refractivity contribution in [2.45, 2.75) is 0 Å². The van der Waals surface area contributed by atoms with Crippen LogP contribution in [0.25, 0.3) is 94.5 Å². The van der Waals surface area contributed by atoms with Crippen molar-refractivity contribution in [1.29, 1.82) is 0 Å². The summed E-state index contributed by atoms with van der Waals surface area (Å²) in [6, 6.07) is 61.4. The van der Waals surface area contributed by atoms with Crippen LogP contribution >= 0.6 is 0 Å². The van der Waals surface area contributed by atoms with Crippen LogP contribution in [0.15, 0.2) is 180 Å².